The number of benzene rings is 1. The minimum absolute atomic E-state index is 0. The molecule has 0 spiro atoms. The predicted molar refractivity (Wildman–Crippen MR) is 105 cm³/mol. The van der Waals surface area contributed by atoms with Gasteiger partial charge >= 0.3 is 18.5 Å². The fourth-order valence-electron chi connectivity index (χ4n) is 2.71. The topological polar surface area (TPSA) is 85.6 Å². The highest BCUT2D eigenvalue weighted by Crippen LogP contribution is 2.36. The molecule has 3 rings (SSSR count). The zero-order chi connectivity index (χ0) is 25.5. The van der Waals surface area contributed by atoms with Gasteiger partial charge in [0, 0.05) is 18.0 Å². The van der Waals surface area contributed by atoms with Gasteiger partial charge in [0.15, 0.2) is 5.82 Å². The fraction of sp³-hybridized carbons (Fsp3) is 0.278. The van der Waals surface area contributed by atoms with Crippen LogP contribution in [0.3, 0.4) is 0 Å². The lowest BCUT2D eigenvalue weighted by molar-refractivity contribution is -0.143. The SMILES string of the molecule is C[C@H](NC(=O)c1cc(C(F)(F)F)cc(C(F)(F)F)c1)c1ncnn1-c1ncc(C(F)(F)F)cn1.S. The van der Waals surface area contributed by atoms with Gasteiger partial charge in [-0.3, -0.25) is 4.79 Å². The van der Waals surface area contributed by atoms with Crippen LogP contribution in [0.15, 0.2) is 36.9 Å². The number of aromatic nitrogens is 5. The summed E-state index contributed by atoms with van der Waals surface area (Å²) in [6.45, 7) is 1.26. The predicted octanol–water partition coefficient (Wildman–Crippen LogP) is 4.72. The zero-order valence-corrected chi connectivity index (χ0v) is 18.1. The Bertz CT molecular complexity index is 1160. The number of nitrogens with zero attached hydrogens (tertiary/aromatic N) is 5. The Kier molecular flexibility index (Phi) is 7.73. The molecule has 0 aliphatic heterocycles. The summed E-state index contributed by atoms with van der Waals surface area (Å²) in [5.74, 6) is -1.83. The van der Waals surface area contributed by atoms with Crippen LogP contribution >= 0.6 is 13.5 Å². The molecule has 0 bridgehead atoms. The lowest BCUT2D eigenvalue weighted by Crippen LogP contribution is -2.29. The van der Waals surface area contributed by atoms with Gasteiger partial charge in [-0.25, -0.2) is 15.0 Å². The molecule has 0 radical (unpaired) electrons. The summed E-state index contributed by atoms with van der Waals surface area (Å²) in [6.07, 6.45) is -13.1. The number of hydrogen-bond acceptors (Lipinski definition) is 5. The summed E-state index contributed by atoms with van der Waals surface area (Å²) >= 11 is 0. The van der Waals surface area contributed by atoms with Gasteiger partial charge in [0.25, 0.3) is 11.9 Å². The maximum absolute atomic E-state index is 13.0. The van der Waals surface area contributed by atoms with E-state index in [1.54, 1.807) is 0 Å². The van der Waals surface area contributed by atoms with Gasteiger partial charge < -0.3 is 5.32 Å². The van der Waals surface area contributed by atoms with Crippen molar-refractivity contribution in [3.63, 3.8) is 0 Å². The lowest BCUT2D eigenvalue weighted by Gasteiger charge is -2.17. The first-order valence-electron chi connectivity index (χ1n) is 8.97. The van der Waals surface area contributed by atoms with Gasteiger partial charge in [0.2, 0.25) is 0 Å². The van der Waals surface area contributed by atoms with Crippen LogP contribution in [0.1, 0.15) is 45.8 Å². The van der Waals surface area contributed by atoms with Gasteiger partial charge in [-0.1, -0.05) is 0 Å². The largest absolute Gasteiger partial charge is 0.419 e. The highest BCUT2D eigenvalue weighted by molar-refractivity contribution is 7.59. The number of alkyl halides is 9. The summed E-state index contributed by atoms with van der Waals surface area (Å²) in [7, 11) is 0. The Morgan fingerprint density at radius 3 is 1.77 bits per heavy atom. The van der Waals surface area contributed by atoms with E-state index in [0.717, 1.165) is 11.0 Å². The highest BCUT2D eigenvalue weighted by atomic mass is 32.1. The second-order valence-corrected chi connectivity index (χ2v) is 6.79. The van der Waals surface area contributed by atoms with Crippen molar-refractivity contribution in [2.24, 2.45) is 0 Å². The molecule has 3 aromatic rings. The third-order valence-electron chi connectivity index (χ3n) is 4.31. The molecule has 0 aliphatic carbocycles. The van der Waals surface area contributed by atoms with Crippen LogP contribution in [-0.4, -0.2) is 30.6 Å². The number of hydrogen-bond donors (Lipinski definition) is 1. The van der Waals surface area contributed by atoms with E-state index in [0.29, 0.717) is 12.4 Å². The number of halogens is 9. The van der Waals surface area contributed by atoms with Crippen molar-refractivity contribution in [1.29, 1.82) is 0 Å². The summed E-state index contributed by atoms with van der Waals surface area (Å²) in [4.78, 5) is 23.3. The molecule has 0 saturated carbocycles. The number of amides is 1. The molecule has 1 amide bonds. The zero-order valence-electron chi connectivity index (χ0n) is 17.1. The van der Waals surface area contributed by atoms with E-state index in [1.807, 2.05) is 0 Å². The standard InChI is InChI=1S/C18H11F9N6O.H2S/c1-8(13-30-7-31-33(13)15-28-5-12(6-29-15)18(25,26)27)32-14(34)9-2-10(16(19,20)21)4-11(3-9)17(22,23)24;/h2-8H,1H3,(H,32,34);1H2/t8-;/m0./s1. The Balaban J connectivity index is 0.00000432. The minimum atomic E-state index is -5.15. The molecule has 1 N–H and O–H groups in total. The van der Waals surface area contributed by atoms with Crippen LogP contribution in [0.25, 0.3) is 5.95 Å². The van der Waals surface area contributed by atoms with Crippen LogP contribution in [0.4, 0.5) is 39.5 Å². The summed E-state index contributed by atoms with van der Waals surface area (Å²) in [6, 6.07) is -0.800. The van der Waals surface area contributed by atoms with Crippen LogP contribution in [0.5, 0.6) is 0 Å². The smallest absolute Gasteiger partial charge is 0.342 e. The van der Waals surface area contributed by atoms with E-state index >= 15 is 0 Å². The van der Waals surface area contributed by atoms with Crippen molar-refractivity contribution >= 4 is 19.4 Å². The summed E-state index contributed by atoms with van der Waals surface area (Å²) in [5.41, 5.74) is -5.43. The number of rotatable bonds is 4. The fourth-order valence-corrected chi connectivity index (χ4v) is 2.71. The van der Waals surface area contributed by atoms with Gasteiger partial charge in [-0.05, 0) is 25.1 Å². The van der Waals surface area contributed by atoms with Gasteiger partial charge in [-0.15, -0.1) is 0 Å². The van der Waals surface area contributed by atoms with Crippen molar-refractivity contribution in [2.45, 2.75) is 31.5 Å². The molecule has 2 aromatic heterocycles. The first kappa shape index (κ1) is 27.9. The van der Waals surface area contributed by atoms with E-state index in [4.69, 9.17) is 0 Å². The normalized spacial score (nSPS) is 13.2. The third kappa shape index (κ3) is 6.40. The average Bonchev–Trinajstić information content (AvgIpc) is 3.21. The second-order valence-electron chi connectivity index (χ2n) is 6.79. The molecule has 0 aliphatic rings. The minimum Gasteiger partial charge on any atom is -0.342 e. The average molecular weight is 532 g/mol. The molecule has 17 heteroatoms. The number of carbonyl (C=O) groups is 1. The molecule has 190 valence electrons. The lowest BCUT2D eigenvalue weighted by atomic mass is 10.0. The molecule has 0 fully saturated rings. The van der Waals surface area contributed by atoms with Crippen molar-refractivity contribution < 1.29 is 44.3 Å². The van der Waals surface area contributed by atoms with Crippen LogP contribution in [0, 0.1) is 0 Å². The van der Waals surface area contributed by atoms with E-state index < -0.39 is 52.7 Å². The molecule has 35 heavy (non-hydrogen) atoms. The molecule has 0 unspecified atom stereocenters. The number of nitrogens with one attached hydrogen (secondary N) is 1. The van der Waals surface area contributed by atoms with Crippen molar-refractivity contribution in [3.05, 3.63) is 65.0 Å². The van der Waals surface area contributed by atoms with E-state index in [-0.39, 0.29) is 43.5 Å². The van der Waals surface area contributed by atoms with Crippen molar-refractivity contribution in [1.82, 2.24) is 30.0 Å². The Labute approximate surface area is 196 Å². The Morgan fingerprint density at radius 1 is 0.829 bits per heavy atom. The van der Waals surface area contributed by atoms with Crippen LogP contribution in [-0.2, 0) is 18.5 Å². The van der Waals surface area contributed by atoms with Gasteiger partial charge in [0.1, 0.15) is 6.33 Å². The second kappa shape index (κ2) is 9.71. The van der Waals surface area contributed by atoms with Gasteiger partial charge in [-0.2, -0.15) is 62.8 Å². The third-order valence-corrected chi connectivity index (χ3v) is 4.31. The highest BCUT2D eigenvalue weighted by Gasteiger charge is 2.38. The maximum Gasteiger partial charge on any atom is 0.419 e. The molecule has 7 nitrogen and oxygen atoms in total. The first-order chi connectivity index (χ1) is 15.6. The molecule has 1 atom stereocenters. The maximum atomic E-state index is 13.0. The van der Waals surface area contributed by atoms with E-state index in [1.165, 1.54) is 6.92 Å². The molecular formula is C18H13F9N6OS. The molecule has 1 aromatic carbocycles. The number of carbonyl (C=O) groups excluding carboxylic acids is 1. The van der Waals surface area contributed by atoms with E-state index in [2.05, 4.69) is 25.4 Å². The molecule has 2 heterocycles. The molecule has 0 saturated heterocycles. The van der Waals surface area contributed by atoms with Crippen molar-refractivity contribution in [2.75, 3.05) is 0 Å². The van der Waals surface area contributed by atoms with E-state index in [9.17, 15) is 44.3 Å². The van der Waals surface area contributed by atoms with Crippen LogP contribution < -0.4 is 5.32 Å². The summed E-state index contributed by atoms with van der Waals surface area (Å²) in [5, 5.41) is 5.89. The Morgan fingerprint density at radius 2 is 1.31 bits per heavy atom. The first-order valence-corrected chi connectivity index (χ1v) is 8.97. The molecular weight excluding hydrogens is 519 g/mol. The van der Waals surface area contributed by atoms with Gasteiger partial charge in [0.05, 0.1) is 22.7 Å². The summed E-state index contributed by atoms with van der Waals surface area (Å²) < 4.78 is 117. The Hall–Kier alpha value is -3.37. The van der Waals surface area contributed by atoms with Crippen LogP contribution in [0.2, 0.25) is 0 Å². The van der Waals surface area contributed by atoms with Crippen molar-refractivity contribution in [3.8, 4) is 5.95 Å². The quantitative estimate of drug-likeness (QED) is 0.492. The monoisotopic (exact) mass is 532 g/mol.